The predicted octanol–water partition coefficient (Wildman–Crippen LogP) is 3.87. The molecule has 3 rings (SSSR count). The molecule has 1 heterocycles. The van der Waals surface area contributed by atoms with Crippen LogP contribution in [0.2, 0.25) is 5.02 Å². The van der Waals surface area contributed by atoms with Gasteiger partial charge in [0.15, 0.2) is 5.82 Å². The van der Waals surface area contributed by atoms with Crippen molar-refractivity contribution in [3.05, 3.63) is 64.4 Å². The minimum absolute atomic E-state index is 0.445. The molecule has 2 N–H and O–H groups in total. The first-order valence-corrected chi connectivity index (χ1v) is 6.93. The topological polar surface area (TPSA) is 64.9 Å². The highest BCUT2D eigenvalue weighted by Gasteiger charge is 2.10. The van der Waals surface area contributed by atoms with Crippen LogP contribution in [0.15, 0.2) is 47.0 Å². The second kappa shape index (κ2) is 5.58. The minimum Gasteiger partial charge on any atom is -0.398 e. The minimum atomic E-state index is 0.445. The number of aromatic nitrogens is 2. The first-order valence-electron chi connectivity index (χ1n) is 6.55. The Morgan fingerprint density at radius 1 is 1.19 bits per heavy atom. The summed E-state index contributed by atoms with van der Waals surface area (Å²) in [5, 5.41) is 4.52. The molecule has 0 aliphatic carbocycles. The maximum atomic E-state index is 5.90. The van der Waals surface area contributed by atoms with Crippen molar-refractivity contribution in [1.82, 2.24) is 10.1 Å². The lowest BCUT2D eigenvalue weighted by Crippen LogP contribution is -1.91. The number of nitrogens with two attached hydrogens (primary N) is 1. The smallest absolute Gasteiger partial charge is 0.258 e. The molecule has 21 heavy (non-hydrogen) atoms. The Balaban J connectivity index is 1.84. The summed E-state index contributed by atoms with van der Waals surface area (Å²) in [6.45, 7) is 2.06. The number of hydrogen-bond donors (Lipinski definition) is 1. The molecule has 0 unspecified atom stereocenters. The zero-order valence-corrected chi connectivity index (χ0v) is 12.3. The number of aryl methyl sites for hydroxylation is 1. The summed E-state index contributed by atoms with van der Waals surface area (Å²) in [6, 6.07) is 13.5. The van der Waals surface area contributed by atoms with Crippen molar-refractivity contribution < 1.29 is 4.52 Å². The molecule has 0 saturated carbocycles. The first-order chi connectivity index (χ1) is 10.1. The van der Waals surface area contributed by atoms with E-state index in [9.17, 15) is 0 Å². The van der Waals surface area contributed by atoms with E-state index in [0.29, 0.717) is 28.8 Å². The number of halogens is 1. The molecule has 0 fully saturated rings. The van der Waals surface area contributed by atoms with Gasteiger partial charge in [0.05, 0.1) is 10.7 Å². The number of nitrogens with zero attached hydrogens (tertiary/aromatic N) is 2. The predicted molar refractivity (Wildman–Crippen MR) is 83.1 cm³/mol. The molecule has 0 spiro atoms. The third kappa shape index (κ3) is 3.06. The summed E-state index contributed by atoms with van der Waals surface area (Å²) in [5.74, 6) is 1.09. The Bertz CT molecular complexity index is 783. The largest absolute Gasteiger partial charge is 0.398 e. The molecule has 0 aliphatic heterocycles. The van der Waals surface area contributed by atoms with Gasteiger partial charge in [-0.1, -0.05) is 46.6 Å². The number of benzene rings is 2. The fourth-order valence-electron chi connectivity index (χ4n) is 2.12. The zero-order chi connectivity index (χ0) is 14.8. The average Bonchev–Trinajstić information content (AvgIpc) is 2.90. The highest BCUT2D eigenvalue weighted by Crippen LogP contribution is 2.25. The lowest BCUT2D eigenvalue weighted by molar-refractivity contribution is 0.424. The molecule has 3 aromatic rings. The summed E-state index contributed by atoms with van der Waals surface area (Å²) in [7, 11) is 0. The highest BCUT2D eigenvalue weighted by atomic mass is 35.5. The van der Waals surface area contributed by atoms with E-state index in [1.807, 2.05) is 18.2 Å². The molecule has 1 aromatic heterocycles. The zero-order valence-electron chi connectivity index (χ0n) is 11.5. The molecule has 0 radical (unpaired) electrons. The van der Waals surface area contributed by atoms with Crippen LogP contribution in [0.1, 0.15) is 17.0 Å². The molecule has 106 valence electrons. The lowest BCUT2D eigenvalue weighted by Gasteiger charge is -1.99. The van der Waals surface area contributed by atoms with E-state index < -0.39 is 0 Å². The summed E-state index contributed by atoms with van der Waals surface area (Å²) in [6.07, 6.45) is 0.633. The molecule has 0 amide bonds. The van der Waals surface area contributed by atoms with Crippen molar-refractivity contribution in [3.63, 3.8) is 0 Å². The van der Waals surface area contributed by atoms with Crippen molar-refractivity contribution in [2.75, 3.05) is 5.73 Å². The van der Waals surface area contributed by atoms with E-state index >= 15 is 0 Å². The van der Waals surface area contributed by atoms with E-state index in [1.54, 1.807) is 12.1 Å². The normalized spacial score (nSPS) is 10.8. The Kier molecular flexibility index (Phi) is 3.62. The van der Waals surface area contributed by atoms with Gasteiger partial charge in [-0.2, -0.15) is 4.98 Å². The van der Waals surface area contributed by atoms with Gasteiger partial charge in [0.1, 0.15) is 0 Å². The summed E-state index contributed by atoms with van der Waals surface area (Å²) in [4.78, 5) is 4.40. The van der Waals surface area contributed by atoms with Crippen molar-refractivity contribution in [2.45, 2.75) is 13.3 Å². The number of hydrogen-bond acceptors (Lipinski definition) is 4. The number of anilines is 1. The van der Waals surface area contributed by atoms with Crippen LogP contribution in [0.3, 0.4) is 0 Å². The Morgan fingerprint density at radius 3 is 2.81 bits per heavy atom. The van der Waals surface area contributed by atoms with Crippen molar-refractivity contribution in [2.24, 2.45) is 0 Å². The third-order valence-electron chi connectivity index (χ3n) is 3.16. The monoisotopic (exact) mass is 299 g/mol. The second-order valence-corrected chi connectivity index (χ2v) is 5.33. The van der Waals surface area contributed by atoms with Crippen LogP contribution in [0.5, 0.6) is 0 Å². The molecule has 0 aliphatic rings. The van der Waals surface area contributed by atoms with Crippen molar-refractivity contribution in [3.8, 4) is 11.5 Å². The van der Waals surface area contributed by atoms with Crippen LogP contribution < -0.4 is 5.73 Å². The van der Waals surface area contributed by atoms with Crippen LogP contribution in [0, 0.1) is 6.92 Å². The molecular weight excluding hydrogens is 286 g/mol. The van der Waals surface area contributed by atoms with E-state index in [-0.39, 0.29) is 0 Å². The van der Waals surface area contributed by atoms with Gasteiger partial charge in [-0.15, -0.1) is 0 Å². The van der Waals surface area contributed by atoms with Gasteiger partial charge < -0.3 is 10.3 Å². The van der Waals surface area contributed by atoms with Gasteiger partial charge in [-0.25, -0.2) is 0 Å². The van der Waals surface area contributed by atoms with Crippen LogP contribution in [0.4, 0.5) is 5.69 Å². The summed E-state index contributed by atoms with van der Waals surface area (Å²) < 4.78 is 5.29. The Morgan fingerprint density at radius 2 is 2.05 bits per heavy atom. The van der Waals surface area contributed by atoms with E-state index in [2.05, 4.69) is 29.2 Å². The fraction of sp³-hybridized carbons (Fsp3) is 0.125. The van der Waals surface area contributed by atoms with E-state index in [0.717, 1.165) is 11.1 Å². The van der Waals surface area contributed by atoms with Gasteiger partial charge in [-0.3, -0.25) is 0 Å². The van der Waals surface area contributed by atoms with Gasteiger partial charge >= 0.3 is 0 Å². The Hall–Kier alpha value is -2.33. The summed E-state index contributed by atoms with van der Waals surface area (Å²) in [5.41, 5.74) is 9.40. The van der Waals surface area contributed by atoms with Crippen molar-refractivity contribution in [1.29, 1.82) is 0 Å². The van der Waals surface area contributed by atoms with Crippen LogP contribution >= 0.6 is 11.6 Å². The van der Waals surface area contributed by atoms with E-state index in [4.69, 9.17) is 21.9 Å². The molecule has 2 aromatic carbocycles. The maximum absolute atomic E-state index is 5.90. The van der Waals surface area contributed by atoms with Crippen LogP contribution in [0.25, 0.3) is 11.5 Å². The van der Waals surface area contributed by atoms with Crippen LogP contribution in [-0.2, 0) is 6.42 Å². The maximum Gasteiger partial charge on any atom is 0.258 e. The molecular formula is C16H14ClN3O. The van der Waals surface area contributed by atoms with Gasteiger partial charge in [0.25, 0.3) is 5.89 Å². The number of rotatable bonds is 3. The molecule has 0 bridgehead atoms. The van der Waals surface area contributed by atoms with E-state index in [1.165, 1.54) is 5.56 Å². The average molecular weight is 300 g/mol. The quantitative estimate of drug-likeness (QED) is 0.746. The highest BCUT2D eigenvalue weighted by molar-refractivity contribution is 6.33. The molecule has 4 nitrogen and oxygen atoms in total. The SMILES string of the molecule is Cc1cccc(Cc2noc(-c3ccc(Cl)c(N)c3)n2)c1. The standard InChI is InChI=1S/C16H14ClN3O/c1-10-3-2-4-11(7-10)8-15-19-16(21-20-15)12-5-6-13(17)14(18)9-12/h2-7,9H,8,18H2,1H3. The molecule has 0 atom stereocenters. The Labute approximate surface area is 127 Å². The van der Waals surface area contributed by atoms with Gasteiger partial charge in [-0.05, 0) is 30.7 Å². The number of nitrogen functional groups attached to an aromatic ring is 1. The van der Waals surface area contributed by atoms with Gasteiger partial charge in [0.2, 0.25) is 0 Å². The van der Waals surface area contributed by atoms with Gasteiger partial charge in [0, 0.05) is 12.0 Å². The van der Waals surface area contributed by atoms with Crippen LogP contribution in [-0.4, -0.2) is 10.1 Å². The second-order valence-electron chi connectivity index (χ2n) is 4.92. The lowest BCUT2D eigenvalue weighted by atomic mass is 10.1. The molecule has 5 heteroatoms. The first kappa shape index (κ1) is 13.6. The van der Waals surface area contributed by atoms with Crippen molar-refractivity contribution >= 4 is 17.3 Å². The molecule has 0 saturated heterocycles. The third-order valence-corrected chi connectivity index (χ3v) is 3.50. The fourth-order valence-corrected chi connectivity index (χ4v) is 2.24. The summed E-state index contributed by atoms with van der Waals surface area (Å²) >= 11 is 5.90.